The van der Waals surface area contributed by atoms with Gasteiger partial charge in [-0.25, -0.2) is 0 Å². The minimum absolute atomic E-state index is 0. The van der Waals surface area contributed by atoms with Crippen LogP contribution in [0.15, 0.2) is 24.2 Å². The molecule has 1 aromatic carbocycles. The third kappa shape index (κ3) is 5.22. The molecule has 0 aliphatic carbocycles. The number of benzene rings is 1. The Morgan fingerprint density at radius 2 is 1.87 bits per heavy atom. The van der Waals surface area contributed by atoms with E-state index in [4.69, 9.17) is 0 Å². The van der Waals surface area contributed by atoms with Gasteiger partial charge in [0.1, 0.15) is 5.75 Å². The smallest absolute Gasteiger partial charge is 0.508 e. The summed E-state index contributed by atoms with van der Waals surface area (Å²) in [6.07, 6.45) is 0.967. The van der Waals surface area contributed by atoms with Crippen LogP contribution >= 0.6 is 0 Å². The standard InChI is InChI=1S/C9H9BF3O.K/c1-7-8(3-2-4-9(7)14)5-6-10(11,12)13;/h2-6,14H,1H3;/q-1;+1/b6-5+;. The van der Waals surface area contributed by atoms with Crippen LogP contribution in [0.1, 0.15) is 11.1 Å². The largest absolute Gasteiger partial charge is 1.00 e. The molecule has 0 radical (unpaired) electrons. The van der Waals surface area contributed by atoms with E-state index in [1.807, 2.05) is 0 Å². The number of hydrogen-bond donors (Lipinski definition) is 1. The summed E-state index contributed by atoms with van der Waals surface area (Å²) in [6, 6.07) is 4.46. The Bertz CT molecular complexity index is 363. The molecule has 0 bridgehead atoms. The van der Waals surface area contributed by atoms with Crippen molar-refractivity contribution in [3.8, 4) is 5.75 Å². The van der Waals surface area contributed by atoms with Gasteiger partial charge in [-0.15, -0.1) is 5.98 Å². The molecule has 0 amide bonds. The average molecular weight is 240 g/mol. The van der Waals surface area contributed by atoms with Crippen molar-refractivity contribution < 1.29 is 69.4 Å². The van der Waals surface area contributed by atoms with Crippen LogP contribution in [0.2, 0.25) is 0 Å². The predicted octanol–water partition coefficient (Wildman–Crippen LogP) is 0.104. The van der Waals surface area contributed by atoms with Gasteiger partial charge in [0.2, 0.25) is 0 Å². The van der Waals surface area contributed by atoms with Gasteiger partial charge >= 0.3 is 58.4 Å². The number of phenolic OH excluding ortho intramolecular Hbond substituents is 1. The van der Waals surface area contributed by atoms with Gasteiger partial charge in [-0.2, -0.15) is 0 Å². The molecule has 0 aromatic heterocycles. The van der Waals surface area contributed by atoms with Gasteiger partial charge in [0.05, 0.1) is 0 Å². The summed E-state index contributed by atoms with van der Waals surface area (Å²) < 4.78 is 35.7. The van der Waals surface area contributed by atoms with E-state index in [-0.39, 0.29) is 63.1 Å². The molecule has 0 aliphatic heterocycles. The van der Waals surface area contributed by atoms with Crippen molar-refractivity contribution in [2.24, 2.45) is 0 Å². The monoisotopic (exact) mass is 240 g/mol. The molecule has 1 rings (SSSR count). The molecule has 0 heterocycles. The fraction of sp³-hybridized carbons (Fsp3) is 0.111. The van der Waals surface area contributed by atoms with Crippen LogP contribution in [0.4, 0.5) is 12.9 Å². The zero-order valence-corrected chi connectivity index (χ0v) is 11.7. The van der Waals surface area contributed by atoms with Crippen molar-refractivity contribution in [3.05, 3.63) is 35.3 Å². The van der Waals surface area contributed by atoms with Gasteiger partial charge < -0.3 is 18.1 Å². The zero-order chi connectivity index (χ0) is 10.8. The Hall–Kier alpha value is 0.251. The molecule has 0 aliphatic rings. The Morgan fingerprint density at radius 3 is 2.40 bits per heavy atom. The fourth-order valence-electron chi connectivity index (χ4n) is 1.03. The first kappa shape index (κ1) is 15.3. The maximum absolute atomic E-state index is 11.9. The van der Waals surface area contributed by atoms with Crippen LogP contribution in [0.5, 0.6) is 5.75 Å². The molecule has 0 saturated carbocycles. The van der Waals surface area contributed by atoms with Gasteiger partial charge in [-0.1, -0.05) is 18.2 Å². The molecule has 15 heavy (non-hydrogen) atoms. The summed E-state index contributed by atoms with van der Waals surface area (Å²) in [5, 5.41) is 9.22. The summed E-state index contributed by atoms with van der Waals surface area (Å²) in [5.41, 5.74) is 0.827. The average Bonchev–Trinajstić information content (AvgIpc) is 2.06. The zero-order valence-electron chi connectivity index (χ0n) is 8.55. The topological polar surface area (TPSA) is 20.2 Å². The van der Waals surface area contributed by atoms with Crippen LogP contribution in [-0.4, -0.2) is 12.1 Å². The molecule has 0 unspecified atom stereocenters. The van der Waals surface area contributed by atoms with Gasteiger partial charge in [-0.3, -0.25) is 0 Å². The van der Waals surface area contributed by atoms with Crippen molar-refractivity contribution in [2.45, 2.75) is 6.92 Å². The van der Waals surface area contributed by atoms with E-state index in [2.05, 4.69) is 0 Å². The van der Waals surface area contributed by atoms with E-state index in [0.717, 1.165) is 6.08 Å². The van der Waals surface area contributed by atoms with E-state index in [1.54, 1.807) is 6.92 Å². The van der Waals surface area contributed by atoms with Crippen molar-refractivity contribution in [1.82, 2.24) is 0 Å². The van der Waals surface area contributed by atoms with Gasteiger partial charge in [0.15, 0.2) is 0 Å². The first-order valence-corrected chi connectivity index (χ1v) is 4.08. The molecular formula is C9H9BF3KO. The summed E-state index contributed by atoms with van der Waals surface area (Å²) >= 11 is 0. The molecule has 1 nitrogen and oxygen atoms in total. The van der Waals surface area contributed by atoms with Crippen LogP contribution in [0.25, 0.3) is 6.08 Å². The Labute approximate surface area is 129 Å². The second kappa shape index (κ2) is 6.10. The SMILES string of the molecule is Cc1c(O)cccc1/C=C/[B-](F)(F)F.[K+]. The second-order valence-corrected chi connectivity index (χ2v) is 2.98. The fourth-order valence-corrected chi connectivity index (χ4v) is 1.03. The van der Waals surface area contributed by atoms with Gasteiger partial charge in [0, 0.05) is 0 Å². The van der Waals surface area contributed by atoms with Gasteiger partial charge in [0.25, 0.3) is 0 Å². The number of phenols is 1. The summed E-state index contributed by atoms with van der Waals surface area (Å²) in [7, 11) is 0. The second-order valence-electron chi connectivity index (χ2n) is 2.98. The molecule has 0 spiro atoms. The molecule has 1 N–H and O–H groups in total. The van der Waals surface area contributed by atoms with E-state index >= 15 is 0 Å². The Kier molecular flexibility index (Phi) is 6.20. The summed E-state index contributed by atoms with van der Waals surface area (Å²) in [6.45, 7) is -3.35. The van der Waals surface area contributed by atoms with E-state index in [0.29, 0.717) is 11.1 Å². The van der Waals surface area contributed by atoms with Crippen LogP contribution < -0.4 is 51.4 Å². The van der Waals surface area contributed by atoms with Gasteiger partial charge in [-0.05, 0) is 24.1 Å². The quantitative estimate of drug-likeness (QED) is 0.727. The minimum atomic E-state index is -4.92. The van der Waals surface area contributed by atoms with E-state index < -0.39 is 6.98 Å². The molecule has 0 fully saturated rings. The third-order valence-electron chi connectivity index (χ3n) is 1.84. The van der Waals surface area contributed by atoms with Crippen LogP contribution in [0, 0.1) is 6.92 Å². The molecule has 0 atom stereocenters. The minimum Gasteiger partial charge on any atom is -0.508 e. The predicted molar refractivity (Wildman–Crippen MR) is 51.0 cm³/mol. The number of hydrogen-bond acceptors (Lipinski definition) is 1. The normalized spacial score (nSPS) is 11.5. The van der Waals surface area contributed by atoms with E-state index in [1.165, 1.54) is 18.2 Å². The van der Waals surface area contributed by atoms with Crippen molar-refractivity contribution in [3.63, 3.8) is 0 Å². The molecule has 1 aromatic rings. The van der Waals surface area contributed by atoms with Crippen molar-refractivity contribution >= 4 is 13.1 Å². The number of aromatic hydroxyl groups is 1. The molecular weight excluding hydrogens is 231 g/mol. The van der Waals surface area contributed by atoms with Crippen molar-refractivity contribution in [2.75, 3.05) is 0 Å². The number of halogens is 3. The summed E-state index contributed by atoms with van der Waals surface area (Å²) in [4.78, 5) is 0. The molecule has 76 valence electrons. The van der Waals surface area contributed by atoms with Crippen LogP contribution in [-0.2, 0) is 0 Å². The maximum atomic E-state index is 11.9. The third-order valence-corrected chi connectivity index (χ3v) is 1.84. The maximum Gasteiger partial charge on any atom is 1.00 e. The molecule has 6 heteroatoms. The van der Waals surface area contributed by atoms with E-state index in [9.17, 15) is 18.1 Å². The van der Waals surface area contributed by atoms with Crippen molar-refractivity contribution in [1.29, 1.82) is 0 Å². The summed E-state index contributed by atoms with van der Waals surface area (Å²) in [5.74, 6) is 0.212. The first-order valence-electron chi connectivity index (χ1n) is 4.08. The first-order chi connectivity index (χ1) is 6.40. The number of rotatable bonds is 2. The Balaban J connectivity index is 0.00000196. The molecule has 0 saturated heterocycles. The van der Waals surface area contributed by atoms with Crippen LogP contribution in [0.3, 0.4) is 0 Å². The Morgan fingerprint density at radius 1 is 1.27 bits per heavy atom.